The molecule has 2 heterocycles. The summed E-state index contributed by atoms with van der Waals surface area (Å²) in [6, 6.07) is 20.3. The van der Waals surface area contributed by atoms with Crippen molar-refractivity contribution in [3.05, 3.63) is 82.0 Å². The number of piperidine rings is 1. The van der Waals surface area contributed by atoms with Gasteiger partial charge in [0.15, 0.2) is 0 Å². The van der Waals surface area contributed by atoms with Gasteiger partial charge >= 0.3 is 0 Å². The summed E-state index contributed by atoms with van der Waals surface area (Å²) in [5, 5.41) is 7.95. The SMILES string of the molecule is CC(C)NC(=O)c1cc(NC(=O)Cc2cccs2)ccc1N1CCC(Cc2ccccc2)CC1. The lowest BCUT2D eigenvalue weighted by Crippen LogP contribution is -2.37. The Morgan fingerprint density at radius 2 is 1.79 bits per heavy atom. The fourth-order valence-corrected chi connectivity index (χ4v) is 5.22. The van der Waals surface area contributed by atoms with Crippen molar-refractivity contribution in [3.63, 3.8) is 0 Å². The molecule has 5 nitrogen and oxygen atoms in total. The smallest absolute Gasteiger partial charge is 0.253 e. The molecular weight excluding hydrogens is 442 g/mol. The number of benzene rings is 2. The van der Waals surface area contributed by atoms with E-state index < -0.39 is 0 Å². The predicted octanol–water partition coefficient (Wildman–Crippen LogP) is 5.53. The van der Waals surface area contributed by atoms with Crippen LogP contribution in [0.4, 0.5) is 11.4 Å². The number of hydrogen-bond acceptors (Lipinski definition) is 4. The van der Waals surface area contributed by atoms with Crippen molar-refractivity contribution in [3.8, 4) is 0 Å². The van der Waals surface area contributed by atoms with Crippen molar-refractivity contribution in [2.75, 3.05) is 23.3 Å². The molecule has 2 aromatic carbocycles. The molecule has 0 atom stereocenters. The third kappa shape index (κ3) is 6.48. The number of amides is 2. The summed E-state index contributed by atoms with van der Waals surface area (Å²) < 4.78 is 0. The third-order valence-electron chi connectivity index (χ3n) is 6.18. The van der Waals surface area contributed by atoms with Crippen molar-refractivity contribution < 1.29 is 9.59 Å². The van der Waals surface area contributed by atoms with Gasteiger partial charge in [-0.3, -0.25) is 9.59 Å². The van der Waals surface area contributed by atoms with Gasteiger partial charge in [0, 0.05) is 35.4 Å². The molecule has 2 amide bonds. The van der Waals surface area contributed by atoms with Crippen LogP contribution >= 0.6 is 11.3 Å². The molecule has 178 valence electrons. The van der Waals surface area contributed by atoms with Crippen molar-refractivity contribution >= 4 is 34.5 Å². The van der Waals surface area contributed by atoms with Gasteiger partial charge in [0.2, 0.25) is 5.91 Å². The van der Waals surface area contributed by atoms with Gasteiger partial charge in [-0.15, -0.1) is 11.3 Å². The summed E-state index contributed by atoms with van der Waals surface area (Å²) in [5.74, 6) is 0.473. The first-order chi connectivity index (χ1) is 16.5. The maximum atomic E-state index is 13.1. The van der Waals surface area contributed by atoms with Crippen molar-refractivity contribution in [1.29, 1.82) is 0 Å². The number of carbonyl (C=O) groups is 2. The molecule has 3 aromatic rings. The van der Waals surface area contributed by atoms with Gasteiger partial charge in [-0.2, -0.15) is 0 Å². The predicted molar refractivity (Wildman–Crippen MR) is 141 cm³/mol. The lowest BCUT2D eigenvalue weighted by Gasteiger charge is -2.35. The molecule has 0 aliphatic carbocycles. The Hall–Kier alpha value is -3.12. The average Bonchev–Trinajstić information content (AvgIpc) is 3.33. The number of hydrogen-bond donors (Lipinski definition) is 2. The summed E-state index contributed by atoms with van der Waals surface area (Å²) >= 11 is 1.57. The van der Waals surface area contributed by atoms with Crippen LogP contribution in [0.5, 0.6) is 0 Å². The van der Waals surface area contributed by atoms with Gasteiger partial charge in [0.1, 0.15) is 0 Å². The summed E-state index contributed by atoms with van der Waals surface area (Å²) in [6.45, 7) is 5.76. The van der Waals surface area contributed by atoms with E-state index in [2.05, 4.69) is 45.9 Å². The summed E-state index contributed by atoms with van der Waals surface area (Å²) in [6.07, 6.45) is 3.63. The standard InChI is InChI=1S/C28H33N3O2S/c1-20(2)29-28(33)25-18-23(30-27(32)19-24-9-6-16-34-24)10-11-26(25)31-14-12-22(13-15-31)17-21-7-4-3-5-8-21/h3-11,16,18,20,22H,12-15,17,19H2,1-2H3,(H,29,33)(H,30,32). The van der Waals surface area contributed by atoms with E-state index >= 15 is 0 Å². The van der Waals surface area contributed by atoms with Crippen LogP contribution in [-0.4, -0.2) is 30.9 Å². The van der Waals surface area contributed by atoms with Crippen molar-refractivity contribution in [2.24, 2.45) is 5.92 Å². The highest BCUT2D eigenvalue weighted by Gasteiger charge is 2.24. The first kappa shape index (κ1) is 24.0. The molecule has 1 aromatic heterocycles. The minimum Gasteiger partial charge on any atom is -0.371 e. The van der Waals surface area contributed by atoms with Crippen LogP contribution in [-0.2, 0) is 17.6 Å². The van der Waals surface area contributed by atoms with E-state index in [1.165, 1.54) is 5.56 Å². The van der Waals surface area contributed by atoms with E-state index in [4.69, 9.17) is 0 Å². The molecule has 1 fully saturated rings. The second-order valence-corrected chi connectivity index (χ2v) is 10.3. The van der Waals surface area contributed by atoms with Crippen LogP contribution in [0, 0.1) is 5.92 Å². The average molecular weight is 476 g/mol. The second kappa shape index (κ2) is 11.3. The third-order valence-corrected chi connectivity index (χ3v) is 7.06. The van der Waals surface area contributed by atoms with Gasteiger partial charge in [0.05, 0.1) is 12.0 Å². The van der Waals surface area contributed by atoms with Crippen molar-refractivity contribution in [1.82, 2.24) is 5.32 Å². The molecule has 1 aliphatic rings. The maximum Gasteiger partial charge on any atom is 0.253 e. The number of nitrogens with one attached hydrogen (secondary N) is 2. The molecule has 4 rings (SSSR count). The Balaban J connectivity index is 1.46. The first-order valence-electron chi connectivity index (χ1n) is 12.0. The van der Waals surface area contributed by atoms with Gasteiger partial charge in [-0.1, -0.05) is 36.4 Å². The molecule has 1 aliphatic heterocycles. The van der Waals surface area contributed by atoms with E-state index in [-0.39, 0.29) is 17.9 Å². The van der Waals surface area contributed by atoms with Crippen LogP contribution in [0.25, 0.3) is 0 Å². The first-order valence-corrected chi connectivity index (χ1v) is 12.9. The molecule has 6 heteroatoms. The number of anilines is 2. The molecule has 0 saturated carbocycles. The highest BCUT2D eigenvalue weighted by molar-refractivity contribution is 7.10. The number of nitrogens with zero attached hydrogens (tertiary/aromatic N) is 1. The summed E-state index contributed by atoms with van der Waals surface area (Å²) in [4.78, 5) is 28.9. The molecule has 2 N–H and O–H groups in total. The fraction of sp³-hybridized carbons (Fsp3) is 0.357. The van der Waals surface area contributed by atoms with E-state index in [0.29, 0.717) is 23.6 Å². The molecule has 0 radical (unpaired) electrons. The number of carbonyl (C=O) groups excluding carboxylic acids is 2. The van der Waals surface area contributed by atoms with Gasteiger partial charge < -0.3 is 15.5 Å². The zero-order valence-corrected chi connectivity index (χ0v) is 20.7. The second-order valence-electron chi connectivity index (χ2n) is 9.28. The number of rotatable bonds is 8. The van der Waals surface area contributed by atoms with Crippen LogP contribution < -0.4 is 15.5 Å². The lowest BCUT2D eigenvalue weighted by molar-refractivity contribution is -0.115. The Bertz CT molecular complexity index is 1090. The fourth-order valence-electron chi connectivity index (χ4n) is 4.51. The monoisotopic (exact) mass is 475 g/mol. The Morgan fingerprint density at radius 3 is 2.47 bits per heavy atom. The largest absolute Gasteiger partial charge is 0.371 e. The van der Waals surface area contributed by atoms with Crippen molar-refractivity contribution in [2.45, 2.75) is 45.6 Å². The highest BCUT2D eigenvalue weighted by Crippen LogP contribution is 2.30. The van der Waals surface area contributed by atoms with E-state index in [0.717, 1.165) is 42.9 Å². The zero-order chi connectivity index (χ0) is 23.9. The normalized spacial score (nSPS) is 14.3. The zero-order valence-electron chi connectivity index (χ0n) is 19.9. The van der Waals surface area contributed by atoms with Gasteiger partial charge in [-0.05, 0) is 74.2 Å². The van der Waals surface area contributed by atoms with Crippen LogP contribution in [0.1, 0.15) is 47.5 Å². The molecule has 0 spiro atoms. The molecule has 34 heavy (non-hydrogen) atoms. The number of thiophene rings is 1. The van der Waals surface area contributed by atoms with E-state index in [9.17, 15) is 9.59 Å². The van der Waals surface area contributed by atoms with Crippen LogP contribution in [0.15, 0.2) is 66.0 Å². The summed E-state index contributed by atoms with van der Waals surface area (Å²) in [5.41, 5.74) is 3.59. The Labute approximate surface area is 206 Å². The topological polar surface area (TPSA) is 61.4 Å². The Morgan fingerprint density at radius 1 is 1.03 bits per heavy atom. The molecular formula is C28H33N3O2S. The summed E-state index contributed by atoms with van der Waals surface area (Å²) in [7, 11) is 0. The molecule has 0 unspecified atom stereocenters. The highest BCUT2D eigenvalue weighted by atomic mass is 32.1. The van der Waals surface area contributed by atoms with Gasteiger partial charge in [0.25, 0.3) is 5.91 Å². The van der Waals surface area contributed by atoms with E-state index in [1.54, 1.807) is 11.3 Å². The van der Waals surface area contributed by atoms with Gasteiger partial charge in [-0.25, -0.2) is 0 Å². The minimum atomic E-state index is -0.106. The molecule has 0 bridgehead atoms. The minimum absolute atomic E-state index is 0.0361. The van der Waals surface area contributed by atoms with E-state index in [1.807, 2.05) is 49.6 Å². The maximum absolute atomic E-state index is 13.1. The molecule has 1 saturated heterocycles. The van der Waals surface area contributed by atoms with Crippen LogP contribution in [0.2, 0.25) is 0 Å². The quantitative estimate of drug-likeness (QED) is 0.451. The lowest BCUT2D eigenvalue weighted by atomic mass is 9.89. The van der Waals surface area contributed by atoms with Crippen LogP contribution in [0.3, 0.4) is 0 Å². The Kier molecular flexibility index (Phi) is 8.01.